The highest BCUT2D eigenvalue weighted by molar-refractivity contribution is 9.11. The molecule has 0 spiro atoms. The standard InChI is InChI=1S/C4H7BrO/c1-2-4(6)3-5/h3,6H,2H2,1H3. The smallest absolute Gasteiger partial charge is 0.0988 e. The molecule has 0 heterocycles. The van der Waals surface area contributed by atoms with Crippen LogP contribution < -0.4 is 0 Å². The Hall–Kier alpha value is 0.0200. The van der Waals surface area contributed by atoms with Crippen molar-refractivity contribution in [3.05, 3.63) is 10.7 Å². The second-order valence-electron chi connectivity index (χ2n) is 0.954. The van der Waals surface area contributed by atoms with Crippen molar-refractivity contribution in [2.45, 2.75) is 13.3 Å². The van der Waals surface area contributed by atoms with Crippen LogP contribution in [0.5, 0.6) is 0 Å². The van der Waals surface area contributed by atoms with Crippen molar-refractivity contribution in [2.24, 2.45) is 0 Å². The third kappa shape index (κ3) is 2.27. The molecule has 36 valence electrons. The lowest BCUT2D eigenvalue weighted by molar-refractivity contribution is 0.396. The van der Waals surface area contributed by atoms with Crippen LogP contribution in [0, 0.1) is 0 Å². The number of allylic oxidation sites excluding steroid dienone is 1. The van der Waals surface area contributed by atoms with Crippen molar-refractivity contribution < 1.29 is 5.11 Å². The van der Waals surface area contributed by atoms with E-state index in [0.29, 0.717) is 12.2 Å². The Morgan fingerprint density at radius 1 is 2.00 bits per heavy atom. The largest absolute Gasteiger partial charge is 0.512 e. The highest BCUT2D eigenvalue weighted by Crippen LogP contribution is 1.96. The van der Waals surface area contributed by atoms with Crippen molar-refractivity contribution in [3.63, 3.8) is 0 Å². The van der Waals surface area contributed by atoms with Gasteiger partial charge in [-0.1, -0.05) is 22.9 Å². The first-order chi connectivity index (χ1) is 2.81. The molecule has 1 N–H and O–H groups in total. The number of halogens is 1. The van der Waals surface area contributed by atoms with Crippen molar-refractivity contribution in [1.29, 1.82) is 0 Å². The van der Waals surface area contributed by atoms with Crippen LogP contribution in [-0.4, -0.2) is 5.11 Å². The van der Waals surface area contributed by atoms with E-state index in [2.05, 4.69) is 15.9 Å². The van der Waals surface area contributed by atoms with Gasteiger partial charge in [0.05, 0.1) is 5.76 Å². The minimum atomic E-state index is 0.384. The first-order valence-corrected chi connectivity index (χ1v) is 2.71. The minimum absolute atomic E-state index is 0.384. The molecule has 0 rings (SSSR count). The van der Waals surface area contributed by atoms with E-state index in [9.17, 15) is 0 Å². The van der Waals surface area contributed by atoms with Crippen LogP contribution in [0.2, 0.25) is 0 Å². The summed E-state index contributed by atoms with van der Waals surface area (Å²) in [7, 11) is 0. The summed E-state index contributed by atoms with van der Waals surface area (Å²) in [5.41, 5.74) is 0. The monoisotopic (exact) mass is 150 g/mol. The fourth-order valence-electron chi connectivity index (χ4n) is 0.0772. The molecule has 2 heteroatoms. The summed E-state index contributed by atoms with van der Waals surface area (Å²) in [6.45, 7) is 1.88. The predicted octanol–water partition coefficient (Wildman–Crippen LogP) is 2.19. The van der Waals surface area contributed by atoms with E-state index in [1.54, 1.807) is 0 Å². The maximum Gasteiger partial charge on any atom is 0.0988 e. The van der Waals surface area contributed by atoms with E-state index in [1.165, 1.54) is 4.99 Å². The third-order valence-electron chi connectivity index (χ3n) is 0.488. The van der Waals surface area contributed by atoms with Gasteiger partial charge in [-0.3, -0.25) is 0 Å². The number of hydrogen-bond donors (Lipinski definition) is 1. The van der Waals surface area contributed by atoms with E-state index >= 15 is 0 Å². The van der Waals surface area contributed by atoms with Gasteiger partial charge in [-0.05, 0) is 0 Å². The van der Waals surface area contributed by atoms with Gasteiger partial charge in [-0.15, -0.1) is 0 Å². The third-order valence-corrected chi connectivity index (χ3v) is 1.02. The second kappa shape index (κ2) is 3.22. The summed E-state index contributed by atoms with van der Waals surface area (Å²) in [5, 5.41) is 8.48. The van der Waals surface area contributed by atoms with Crippen LogP contribution in [-0.2, 0) is 0 Å². The summed E-state index contributed by atoms with van der Waals surface area (Å²) in [4.78, 5) is 1.51. The first kappa shape index (κ1) is 6.02. The Kier molecular flexibility index (Phi) is 3.23. The topological polar surface area (TPSA) is 20.2 Å². The van der Waals surface area contributed by atoms with Crippen LogP contribution in [0.15, 0.2) is 10.7 Å². The molecule has 0 aromatic heterocycles. The van der Waals surface area contributed by atoms with Gasteiger partial charge in [0.2, 0.25) is 0 Å². The molecular weight excluding hydrogens is 144 g/mol. The number of aliphatic hydroxyl groups is 1. The van der Waals surface area contributed by atoms with Crippen molar-refractivity contribution in [2.75, 3.05) is 0 Å². The highest BCUT2D eigenvalue weighted by atomic mass is 79.9. The molecule has 0 radical (unpaired) electrons. The normalized spacial score (nSPS) is 12.0. The Bertz CT molecular complexity index is 58.6. The molecule has 0 aliphatic carbocycles. The Morgan fingerprint density at radius 3 is 2.50 bits per heavy atom. The van der Waals surface area contributed by atoms with E-state index in [4.69, 9.17) is 5.11 Å². The SMILES string of the molecule is CCC(O)=CBr. The van der Waals surface area contributed by atoms with E-state index in [0.717, 1.165) is 0 Å². The Balaban J connectivity index is 3.22. The fraction of sp³-hybridized carbons (Fsp3) is 0.500. The Morgan fingerprint density at radius 2 is 2.50 bits per heavy atom. The molecule has 0 saturated carbocycles. The number of hydrogen-bond acceptors (Lipinski definition) is 1. The van der Waals surface area contributed by atoms with Gasteiger partial charge in [-0.25, -0.2) is 0 Å². The number of aliphatic hydroxyl groups excluding tert-OH is 1. The van der Waals surface area contributed by atoms with Crippen LogP contribution in [0.3, 0.4) is 0 Å². The van der Waals surface area contributed by atoms with Gasteiger partial charge in [-0.2, -0.15) is 0 Å². The highest BCUT2D eigenvalue weighted by Gasteiger charge is 1.77. The zero-order valence-corrected chi connectivity index (χ0v) is 5.20. The predicted molar refractivity (Wildman–Crippen MR) is 29.9 cm³/mol. The molecule has 0 fully saturated rings. The molecule has 1 nitrogen and oxygen atoms in total. The second-order valence-corrected chi connectivity index (χ2v) is 1.41. The molecule has 0 saturated heterocycles. The van der Waals surface area contributed by atoms with Crippen LogP contribution >= 0.6 is 15.9 Å². The molecule has 0 aliphatic heterocycles. The summed E-state index contributed by atoms with van der Waals surface area (Å²) in [5.74, 6) is 0.384. The van der Waals surface area contributed by atoms with Crippen LogP contribution in [0.1, 0.15) is 13.3 Å². The molecule has 0 atom stereocenters. The molecule has 0 amide bonds. The van der Waals surface area contributed by atoms with Gasteiger partial charge in [0.1, 0.15) is 0 Å². The molecular formula is C4H7BrO. The average Bonchev–Trinajstić information content (AvgIpc) is 1.65. The Labute approximate surface area is 45.8 Å². The lowest BCUT2D eigenvalue weighted by Crippen LogP contribution is -1.68. The minimum Gasteiger partial charge on any atom is -0.512 e. The number of rotatable bonds is 1. The van der Waals surface area contributed by atoms with Gasteiger partial charge in [0.25, 0.3) is 0 Å². The van der Waals surface area contributed by atoms with Crippen molar-refractivity contribution in [3.8, 4) is 0 Å². The molecule has 0 aliphatic rings. The summed E-state index contributed by atoms with van der Waals surface area (Å²) in [6.07, 6.45) is 0.700. The van der Waals surface area contributed by atoms with Gasteiger partial charge in [0.15, 0.2) is 0 Å². The van der Waals surface area contributed by atoms with Gasteiger partial charge >= 0.3 is 0 Å². The molecule has 0 aromatic rings. The maximum atomic E-state index is 8.48. The summed E-state index contributed by atoms with van der Waals surface area (Å²) >= 11 is 2.96. The quantitative estimate of drug-likeness (QED) is 0.569. The van der Waals surface area contributed by atoms with Crippen LogP contribution in [0.25, 0.3) is 0 Å². The van der Waals surface area contributed by atoms with Gasteiger partial charge < -0.3 is 5.11 Å². The lowest BCUT2D eigenvalue weighted by atomic mass is 10.4. The zero-order chi connectivity index (χ0) is 4.99. The van der Waals surface area contributed by atoms with Crippen molar-refractivity contribution >= 4 is 15.9 Å². The lowest BCUT2D eigenvalue weighted by Gasteiger charge is -1.83. The summed E-state index contributed by atoms with van der Waals surface area (Å²) in [6, 6.07) is 0. The summed E-state index contributed by atoms with van der Waals surface area (Å²) < 4.78 is 0. The van der Waals surface area contributed by atoms with E-state index in [1.807, 2.05) is 6.92 Å². The average molecular weight is 151 g/mol. The van der Waals surface area contributed by atoms with Crippen LogP contribution in [0.4, 0.5) is 0 Å². The molecule has 0 unspecified atom stereocenters. The first-order valence-electron chi connectivity index (χ1n) is 1.79. The zero-order valence-electron chi connectivity index (χ0n) is 3.61. The maximum absolute atomic E-state index is 8.48. The molecule has 0 aromatic carbocycles. The van der Waals surface area contributed by atoms with E-state index in [-0.39, 0.29) is 0 Å². The molecule has 6 heavy (non-hydrogen) atoms. The van der Waals surface area contributed by atoms with E-state index < -0.39 is 0 Å². The van der Waals surface area contributed by atoms with Crippen molar-refractivity contribution in [1.82, 2.24) is 0 Å². The molecule has 0 bridgehead atoms. The fourth-order valence-corrected chi connectivity index (χ4v) is 0.401. The van der Waals surface area contributed by atoms with Gasteiger partial charge in [0, 0.05) is 11.4 Å².